The third-order valence-electron chi connectivity index (χ3n) is 5.63. The normalized spacial score (nSPS) is 11.9. The molecule has 0 radical (unpaired) electrons. The lowest BCUT2D eigenvalue weighted by Gasteiger charge is -2.05. The second-order valence-electron chi connectivity index (χ2n) is 8.67. The Morgan fingerprint density at radius 2 is 0.793 bits per heavy atom. The molecule has 0 aliphatic carbocycles. The van der Waals surface area contributed by atoms with Gasteiger partial charge in [0.1, 0.15) is 0 Å². The van der Waals surface area contributed by atoms with Crippen LogP contribution in [0.2, 0.25) is 0 Å². The fourth-order valence-corrected chi connectivity index (χ4v) is 3.63. The zero-order valence-corrected chi connectivity index (χ0v) is 20.3. The van der Waals surface area contributed by atoms with Crippen molar-refractivity contribution >= 4 is 0 Å². The average Bonchev–Trinajstić information content (AvgIpc) is 2.74. The molecule has 0 aromatic rings. The summed E-state index contributed by atoms with van der Waals surface area (Å²) in [6.07, 6.45) is 36.2. The molecule has 0 saturated heterocycles. The van der Waals surface area contributed by atoms with E-state index in [4.69, 9.17) is 4.74 Å². The molecular formula is C28H54O. The van der Waals surface area contributed by atoms with Crippen LogP contribution in [-0.4, -0.2) is 13.2 Å². The van der Waals surface area contributed by atoms with Crippen LogP contribution >= 0.6 is 0 Å². The van der Waals surface area contributed by atoms with Gasteiger partial charge in [-0.3, -0.25) is 0 Å². The summed E-state index contributed by atoms with van der Waals surface area (Å²) in [5, 5.41) is 0. The molecule has 1 nitrogen and oxygen atoms in total. The topological polar surface area (TPSA) is 9.23 Å². The molecular weight excluding hydrogens is 352 g/mol. The minimum absolute atomic E-state index is 0.977. The highest BCUT2D eigenvalue weighted by Gasteiger charge is 1.94. The van der Waals surface area contributed by atoms with E-state index in [0.29, 0.717) is 0 Å². The van der Waals surface area contributed by atoms with E-state index in [2.05, 4.69) is 38.2 Å². The van der Waals surface area contributed by atoms with Crippen molar-refractivity contribution in [3.63, 3.8) is 0 Å². The molecule has 0 amide bonds. The highest BCUT2D eigenvalue weighted by atomic mass is 16.5. The Kier molecular flexibility index (Phi) is 26.9. The van der Waals surface area contributed by atoms with Gasteiger partial charge in [-0.25, -0.2) is 0 Å². The van der Waals surface area contributed by atoms with Crippen LogP contribution in [0, 0.1) is 0 Å². The predicted molar refractivity (Wildman–Crippen MR) is 133 cm³/mol. The van der Waals surface area contributed by atoms with Crippen molar-refractivity contribution < 1.29 is 4.74 Å². The Bertz CT molecular complexity index is 331. The lowest BCUT2D eigenvalue weighted by molar-refractivity contribution is 0.125. The second kappa shape index (κ2) is 27.4. The van der Waals surface area contributed by atoms with Crippen molar-refractivity contribution in [2.45, 2.75) is 142 Å². The Morgan fingerprint density at radius 3 is 1.31 bits per heavy atom. The van der Waals surface area contributed by atoms with Gasteiger partial charge in [0.05, 0.1) is 0 Å². The van der Waals surface area contributed by atoms with E-state index in [1.807, 2.05) is 0 Å². The molecule has 0 fully saturated rings. The van der Waals surface area contributed by atoms with Gasteiger partial charge >= 0.3 is 0 Å². The average molecular weight is 407 g/mol. The van der Waals surface area contributed by atoms with Crippen molar-refractivity contribution in [1.82, 2.24) is 0 Å². The summed E-state index contributed by atoms with van der Waals surface area (Å²) in [5.41, 5.74) is 0. The van der Waals surface area contributed by atoms with E-state index in [1.54, 1.807) is 0 Å². The minimum Gasteiger partial charge on any atom is -0.381 e. The minimum atomic E-state index is 0.977. The fraction of sp³-hybridized carbons (Fsp3) is 0.857. The smallest absolute Gasteiger partial charge is 0.0466 e. The standard InChI is InChI=1S/C28H54O/c1-3-5-7-9-11-13-14-15-16-17-18-19-20-22-24-26-28-29-27-25-23-21-12-10-8-6-4-2/h11,13,15-16H,3-10,12,14,17-28H2,1-2H3/b13-11-,16-15-. The molecule has 0 spiro atoms. The molecule has 172 valence electrons. The first-order valence-corrected chi connectivity index (χ1v) is 13.3. The molecule has 1 heteroatoms. The van der Waals surface area contributed by atoms with Crippen LogP contribution < -0.4 is 0 Å². The summed E-state index contributed by atoms with van der Waals surface area (Å²) < 4.78 is 5.78. The zero-order valence-electron chi connectivity index (χ0n) is 20.3. The molecule has 0 saturated carbocycles. The molecule has 0 aromatic heterocycles. The van der Waals surface area contributed by atoms with Crippen molar-refractivity contribution in [3.8, 4) is 0 Å². The summed E-state index contributed by atoms with van der Waals surface area (Å²) in [6.45, 7) is 6.51. The largest absolute Gasteiger partial charge is 0.381 e. The van der Waals surface area contributed by atoms with Gasteiger partial charge in [-0.15, -0.1) is 0 Å². The lowest BCUT2D eigenvalue weighted by Crippen LogP contribution is -1.97. The fourth-order valence-electron chi connectivity index (χ4n) is 3.63. The number of rotatable bonds is 24. The highest BCUT2D eigenvalue weighted by molar-refractivity contribution is 4.92. The van der Waals surface area contributed by atoms with Gasteiger partial charge in [0.15, 0.2) is 0 Å². The number of ether oxygens (including phenoxy) is 1. The first-order valence-electron chi connectivity index (χ1n) is 13.3. The SMILES string of the molecule is CCCCC/C=C\C/C=C\CCCCCCCCOCCCCCCCCCC. The van der Waals surface area contributed by atoms with Crippen LogP contribution in [0.15, 0.2) is 24.3 Å². The van der Waals surface area contributed by atoms with Crippen LogP contribution in [0.25, 0.3) is 0 Å². The van der Waals surface area contributed by atoms with E-state index >= 15 is 0 Å². The number of hydrogen-bond donors (Lipinski definition) is 0. The molecule has 0 aliphatic heterocycles. The third kappa shape index (κ3) is 27.4. The summed E-state index contributed by atoms with van der Waals surface area (Å²) in [5.74, 6) is 0. The van der Waals surface area contributed by atoms with Crippen molar-refractivity contribution in [3.05, 3.63) is 24.3 Å². The highest BCUT2D eigenvalue weighted by Crippen LogP contribution is 2.10. The zero-order chi connectivity index (χ0) is 21.1. The van der Waals surface area contributed by atoms with E-state index in [-0.39, 0.29) is 0 Å². The Labute approximate surface area is 184 Å². The number of unbranched alkanes of at least 4 members (excludes halogenated alkanes) is 16. The molecule has 0 atom stereocenters. The monoisotopic (exact) mass is 406 g/mol. The van der Waals surface area contributed by atoms with Gasteiger partial charge in [0.25, 0.3) is 0 Å². The van der Waals surface area contributed by atoms with E-state index < -0.39 is 0 Å². The first-order chi connectivity index (χ1) is 14.4. The van der Waals surface area contributed by atoms with Crippen LogP contribution in [0.4, 0.5) is 0 Å². The number of hydrogen-bond acceptors (Lipinski definition) is 1. The quantitative estimate of drug-likeness (QED) is 0.114. The van der Waals surface area contributed by atoms with Gasteiger partial charge in [-0.1, -0.05) is 122 Å². The molecule has 0 N–H and O–H groups in total. The Balaban J connectivity index is 3.09. The van der Waals surface area contributed by atoms with Gasteiger partial charge in [0.2, 0.25) is 0 Å². The van der Waals surface area contributed by atoms with Gasteiger partial charge in [-0.05, 0) is 44.9 Å². The number of allylic oxidation sites excluding steroid dienone is 4. The summed E-state index contributed by atoms with van der Waals surface area (Å²) in [6, 6.07) is 0. The third-order valence-corrected chi connectivity index (χ3v) is 5.63. The Hall–Kier alpha value is -0.560. The van der Waals surface area contributed by atoms with Gasteiger partial charge in [-0.2, -0.15) is 0 Å². The molecule has 0 aromatic carbocycles. The van der Waals surface area contributed by atoms with E-state index in [0.717, 1.165) is 19.6 Å². The molecule has 0 heterocycles. The van der Waals surface area contributed by atoms with Crippen LogP contribution in [0.5, 0.6) is 0 Å². The molecule has 29 heavy (non-hydrogen) atoms. The van der Waals surface area contributed by atoms with E-state index in [9.17, 15) is 0 Å². The molecule has 0 rings (SSSR count). The second-order valence-corrected chi connectivity index (χ2v) is 8.67. The molecule has 0 unspecified atom stereocenters. The van der Waals surface area contributed by atoms with Gasteiger partial charge in [0, 0.05) is 13.2 Å². The molecule has 0 bridgehead atoms. The van der Waals surface area contributed by atoms with Crippen molar-refractivity contribution in [2.24, 2.45) is 0 Å². The summed E-state index contributed by atoms with van der Waals surface area (Å²) in [7, 11) is 0. The first kappa shape index (κ1) is 28.4. The van der Waals surface area contributed by atoms with E-state index in [1.165, 1.54) is 122 Å². The molecule has 0 aliphatic rings. The summed E-state index contributed by atoms with van der Waals surface area (Å²) in [4.78, 5) is 0. The van der Waals surface area contributed by atoms with Crippen molar-refractivity contribution in [2.75, 3.05) is 13.2 Å². The maximum atomic E-state index is 5.78. The maximum Gasteiger partial charge on any atom is 0.0466 e. The Morgan fingerprint density at radius 1 is 0.414 bits per heavy atom. The predicted octanol–water partition coefficient (Wildman–Crippen LogP) is 9.96. The van der Waals surface area contributed by atoms with Crippen molar-refractivity contribution in [1.29, 1.82) is 0 Å². The van der Waals surface area contributed by atoms with Crippen LogP contribution in [0.3, 0.4) is 0 Å². The lowest BCUT2D eigenvalue weighted by atomic mass is 10.1. The van der Waals surface area contributed by atoms with Crippen LogP contribution in [0.1, 0.15) is 142 Å². The van der Waals surface area contributed by atoms with Gasteiger partial charge < -0.3 is 4.74 Å². The maximum absolute atomic E-state index is 5.78. The van der Waals surface area contributed by atoms with Crippen LogP contribution in [-0.2, 0) is 4.74 Å². The summed E-state index contributed by atoms with van der Waals surface area (Å²) >= 11 is 0.